The average molecular weight is 466 g/mol. The summed E-state index contributed by atoms with van der Waals surface area (Å²) in [7, 11) is 0. The van der Waals surface area contributed by atoms with Gasteiger partial charge in [-0.2, -0.15) is 5.26 Å². The highest BCUT2D eigenvalue weighted by molar-refractivity contribution is 5.47. The van der Waals surface area contributed by atoms with E-state index in [4.69, 9.17) is 4.74 Å². The highest BCUT2D eigenvalue weighted by Gasteiger charge is 2.73. The Balaban J connectivity index is 1.45. The Hall–Kier alpha value is -0.850. The Bertz CT molecular complexity index is 988. The first kappa shape index (κ1) is 23.5. The molecule has 5 aliphatic carbocycles. The fourth-order valence-corrected chi connectivity index (χ4v) is 12.0. The van der Waals surface area contributed by atoms with Crippen molar-refractivity contribution in [3.8, 4) is 6.07 Å². The third-order valence-corrected chi connectivity index (χ3v) is 14.0. The first-order valence-electron chi connectivity index (χ1n) is 14.2. The van der Waals surface area contributed by atoms with Gasteiger partial charge in [-0.25, -0.2) is 0 Å². The SMILES string of the molecule is CC1(C)CC[C@]23CC[C@]4(C)[C@H](CC[C@@H]5[C@@]6(C)C(C#N)=C(CO)C(C)(C)[C@@H]6CC[C@]54C)[C@H]2[C@H]1OC3. The second-order valence-electron chi connectivity index (χ2n) is 15.4. The Morgan fingerprint density at radius 3 is 2.26 bits per heavy atom. The van der Waals surface area contributed by atoms with Gasteiger partial charge >= 0.3 is 0 Å². The molecule has 0 spiro atoms. The lowest BCUT2D eigenvalue weighted by atomic mass is 9.33. The van der Waals surface area contributed by atoms with Crippen LogP contribution in [0.2, 0.25) is 0 Å². The zero-order chi connectivity index (χ0) is 24.5. The van der Waals surface area contributed by atoms with E-state index in [0.29, 0.717) is 34.7 Å². The summed E-state index contributed by atoms with van der Waals surface area (Å²) in [5, 5.41) is 20.8. The van der Waals surface area contributed by atoms with Crippen LogP contribution in [0.3, 0.4) is 0 Å². The van der Waals surface area contributed by atoms with E-state index in [1.165, 1.54) is 51.4 Å². The Kier molecular flexibility index (Phi) is 4.65. The summed E-state index contributed by atoms with van der Waals surface area (Å²) in [6, 6.07) is 2.67. The van der Waals surface area contributed by atoms with Gasteiger partial charge in [-0.05, 0) is 108 Å². The number of hydrogen-bond donors (Lipinski definition) is 1. The number of nitriles is 1. The van der Waals surface area contributed by atoms with E-state index in [2.05, 4.69) is 54.5 Å². The molecule has 9 atom stereocenters. The summed E-state index contributed by atoms with van der Waals surface area (Å²) >= 11 is 0. The van der Waals surface area contributed by atoms with Crippen molar-refractivity contribution in [2.24, 2.45) is 56.2 Å². The normalized spacial score (nSPS) is 54.5. The molecule has 0 radical (unpaired) electrons. The Morgan fingerprint density at radius 2 is 1.59 bits per heavy atom. The number of allylic oxidation sites excluding steroid dienone is 1. The maximum atomic E-state index is 10.4. The van der Waals surface area contributed by atoms with E-state index in [-0.39, 0.29) is 28.3 Å². The maximum Gasteiger partial charge on any atom is 0.0953 e. The van der Waals surface area contributed by atoms with Crippen molar-refractivity contribution in [1.29, 1.82) is 5.26 Å². The van der Waals surface area contributed by atoms with E-state index in [1.807, 2.05) is 0 Å². The van der Waals surface area contributed by atoms with Crippen LogP contribution < -0.4 is 0 Å². The monoisotopic (exact) mass is 465 g/mol. The van der Waals surface area contributed by atoms with Crippen LogP contribution in [0.15, 0.2) is 11.1 Å². The van der Waals surface area contributed by atoms with Gasteiger partial charge in [-0.15, -0.1) is 0 Å². The lowest BCUT2D eigenvalue weighted by molar-refractivity contribution is -0.222. The number of aliphatic hydroxyl groups is 1. The van der Waals surface area contributed by atoms with Gasteiger partial charge in [0.15, 0.2) is 0 Å². The van der Waals surface area contributed by atoms with Crippen LogP contribution >= 0.6 is 0 Å². The van der Waals surface area contributed by atoms with E-state index < -0.39 is 0 Å². The van der Waals surface area contributed by atoms with Crippen LogP contribution in [0, 0.1) is 67.5 Å². The molecule has 6 rings (SSSR count). The standard InChI is InChI=1S/C31H47NO2/c1-26(2)12-14-31-15-13-28(5)19(24(31)25(26)34-18-31)8-9-23-29(28,6)11-10-22-27(3,4)21(17-33)20(16-32)30(22,23)7/h19,22-25,33H,8-15,17-18H2,1-7H3/t19-,22+,23+,24+,25-,28-,29-,30+,31-/m1/s1. The van der Waals surface area contributed by atoms with Crippen LogP contribution in [0.1, 0.15) is 99.8 Å². The van der Waals surface area contributed by atoms with E-state index in [0.717, 1.165) is 23.7 Å². The zero-order valence-corrected chi connectivity index (χ0v) is 22.8. The maximum absolute atomic E-state index is 10.4. The molecule has 1 saturated heterocycles. The molecular weight excluding hydrogens is 418 g/mol. The second-order valence-corrected chi connectivity index (χ2v) is 15.4. The molecule has 0 unspecified atom stereocenters. The first-order chi connectivity index (χ1) is 15.8. The molecule has 0 amide bonds. The minimum absolute atomic E-state index is 0.0318. The molecule has 0 aromatic heterocycles. The fourth-order valence-electron chi connectivity index (χ4n) is 12.0. The van der Waals surface area contributed by atoms with Gasteiger partial charge in [0.1, 0.15) is 0 Å². The van der Waals surface area contributed by atoms with E-state index in [1.54, 1.807) is 0 Å². The zero-order valence-electron chi connectivity index (χ0n) is 22.8. The van der Waals surface area contributed by atoms with Crippen LogP contribution in [0.25, 0.3) is 0 Å². The number of rotatable bonds is 1. The predicted octanol–water partition coefficient (Wildman–Crippen LogP) is 6.91. The average Bonchev–Trinajstić information content (AvgIpc) is 3.19. The van der Waals surface area contributed by atoms with Crippen molar-refractivity contribution >= 4 is 0 Å². The van der Waals surface area contributed by atoms with Gasteiger partial charge in [0.25, 0.3) is 0 Å². The highest BCUT2D eigenvalue weighted by atomic mass is 16.5. The van der Waals surface area contributed by atoms with Crippen molar-refractivity contribution in [3.05, 3.63) is 11.1 Å². The summed E-state index contributed by atoms with van der Waals surface area (Å²) in [5.41, 5.74) is 2.99. The fraction of sp³-hybridized carbons (Fsp3) is 0.903. The van der Waals surface area contributed by atoms with Gasteiger partial charge in [-0.3, -0.25) is 0 Å². The topological polar surface area (TPSA) is 53.2 Å². The summed E-state index contributed by atoms with van der Waals surface area (Å²) in [6.07, 6.45) is 10.7. The van der Waals surface area contributed by atoms with Crippen molar-refractivity contribution in [2.75, 3.05) is 13.2 Å². The first-order valence-corrected chi connectivity index (χ1v) is 14.2. The van der Waals surface area contributed by atoms with Gasteiger partial charge in [0.05, 0.1) is 25.4 Å². The molecule has 188 valence electrons. The number of nitrogens with zero attached hydrogens (tertiary/aromatic N) is 1. The molecule has 1 N–H and O–H groups in total. The number of ether oxygens (including phenoxy) is 1. The van der Waals surface area contributed by atoms with Gasteiger partial charge in [0, 0.05) is 11.0 Å². The van der Waals surface area contributed by atoms with Crippen LogP contribution in [-0.2, 0) is 4.74 Å². The summed E-state index contributed by atoms with van der Waals surface area (Å²) in [5.74, 6) is 2.41. The highest BCUT2D eigenvalue weighted by Crippen LogP contribution is 2.79. The number of aliphatic hydroxyl groups excluding tert-OH is 1. The van der Waals surface area contributed by atoms with Crippen molar-refractivity contribution in [1.82, 2.24) is 0 Å². The number of hydrogen-bond acceptors (Lipinski definition) is 3. The van der Waals surface area contributed by atoms with Crippen LogP contribution in [-0.4, -0.2) is 24.4 Å². The molecule has 3 heteroatoms. The largest absolute Gasteiger partial charge is 0.392 e. The third kappa shape index (κ3) is 2.38. The molecule has 6 aliphatic rings. The summed E-state index contributed by atoms with van der Waals surface area (Å²) in [4.78, 5) is 0. The minimum atomic E-state index is -0.117. The summed E-state index contributed by atoms with van der Waals surface area (Å²) in [6.45, 7) is 18.2. The molecule has 3 nitrogen and oxygen atoms in total. The third-order valence-electron chi connectivity index (χ3n) is 14.0. The lowest BCUT2D eigenvalue weighted by Crippen LogP contribution is -2.66. The van der Waals surface area contributed by atoms with Gasteiger partial charge in [-0.1, -0.05) is 48.5 Å². The molecule has 2 bridgehead atoms. The Morgan fingerprint density at radius 1 is 0.882 bits per heavy atom. The molecule has 0 aromatic carbocycles. The van der Waals surface area contributed by atoms with Crippen molar-refractivity contribution < 1.29 is 9.84 Å². The number of fused-ring (bicyclic) bond motifs is 5. The minimum Gasteiger partial charge on any atom is -0.392 e. The molecule has 0 aromatic rings. The molecule has 1 aliphatic heterocycles. The van der Waals surface area contributed by atoms with E-state index >= 15 is 0 Å². The lowest BCUT2D eigenvalue weighted by Gasteiger charge is -2.71. The van der Waals surface area contributed by atoms with Gasteiger partial charge < -0.3 is 9.84 Å². The molecule has 4 saturated carbocycles. The Labute approximate surface area is 207 Å². The molecular formula is C31H47NO2. The van der Waals surface area contributed by atoms with E-state index in [9.17, 15) is 10.4 Å². The molecule has 1 heterocycles. The quantitative estimate of drug-likeness (QED) is 0.458. The summed E-state index contributed by atoms with van der Waals surface area (Å²) < 4.78 is 6.69. The molecule has 34 heavy (non-hydrogen) atoms. The van der Waals surface area contributed by atoms with Crippen molar-refractivity contribution in [2.45, 2.75) is 106 Å². The second kappa shape index (κ2) is 6.72. The van der Waals surface area contributed by atoms with Crippen molar-refractivity contribution in [3.63, 3.8) is 0 Å². The molecule has 5 fully saturated rings. The van der Waals surface area contributed by atoms with Gasteiger partial charge in [0.2, 0.25) is 0 Å². The van der Waals surface area contributed by atoms with Crippen LogP contribution in [0.5, 0.6) is 0 Å². The van der Waals surface area contributed by atoms with Crippen LogP contribution in [0.4, 0.5) is 0 Å². The predicted molar refractivity (Wildman–Crippen MR) is 135 cm³/mol. The smallest absolute Gasteiger partial charge is 0.0953 e.